The lowest BCUT2D eigenvalue weighted by atomic mass is 10.1. The van der Waals surface area contributed by atoms with Crippen LogP contribution in [0.25, 0.3) is 0 Å². The minimum absolute atomic E-state index is 0.0264. The minimum atomic E-state index is -4.76. The van der Waals surface area contributed by atoms with E-state index in [1.165, 1.54) is 0 Å². The van der Waals surface area contributed by atoms with Gasteiger partial charge in [-0.1, -0.05) is 0 Å². The summed E-state index contributed by atoms with van der Waals surface area (Å²) >= 11 is 4.96. The molecule has 0 amide bonds. The molecule has 0 saturated carbocycles. The summed E-state index contributed by atoms with van der Waals surface area (Å²) in [5.74, 6) is -9.66. The van der Waals surface area contributed by atoms with Crippen molar-refractivity contribution in [3.05, 3.63) is 35.1 Å². The van der Waals surface area contributed by atoms with Gasteiger partial charge in [0.2, 0.25) is 0 Å². The van der Waals surface area contributed by atoms with E-state index in [1.807, 2.05) is 0 Å². The zero-order valence-electron chi connectivity index (χ0n) is 7.83. The molecule has 0 spiro atoms. The zero-order chi connectivity index (χ0) is 13.4. The average molecular weight is 281 g/mol. The van der Waals surface area contributed by atoms with E-state index in [-0.39, 0.29) is 12.1 Å². The van der Waals surface area contributed by atoms with Crippen LogP contribution in [-0.2, 0) is 0 Å². The lowest BCUT2D eigenvalue weighted by Gasteiger charge is -2.21. The van der Waals surface area contributed by atoms with Crippen molar-refractivity contribution >= 4 is 11.6 Å². The van der Waals surface area contributed by atoms with Crippen molar-refractivity contribution in [2.24, 2.45) is 0 Å². The van der Waals surface area contributed by atoms with Crippen molar-refractivity contribution < 1.29 is 30.7 Å². The summed E-state index contributed by atoms with van der Waals surface area (Å²) in [6, 6.07) is -0.0137. The molecule has 0 aromatic heterocycles. The molecule has 0 aliphatic carbocycles. The van der Waals surface area contributed by atoms with E-state index in [4.69, 9.17) is 11.6 Å². The van der Waals surface area contributed by atoms with Crippen LogP contribution in [0.4, 0.5) is 30.7 Å². The number of rotatable bonds is 3. The zero-order valence-corrected chi connectivity index (χ0v) is 8.59. The Bertz CT molecular complexity index is 418. The van der Waals surface area contributed by atoms with Crippen LogP contribution in [0.15, 0.2) is 12.1 Å². The highest BCUT2D eigenvalue weighted by molar-refractivity contribution is 6.21. The largest absolute Gasteiger partial charge is 0.327 e. The van der Waals surface area contributed by atoms with E-state index in [0.29, 0.717) is 0 Å². The van der Waals surface area contributed by atoms with Crippen molar-refractivity contribution in [2.75, 3.05) is 0 Å². The molecular weight excluding hydrogens is 277 g/mol. The Balaban J connectivity index is 3.21. The van der Waals surface area contributed by atoms with Crippen LogP contribution in [0.1, 0.15) is 10.9 Å². The Morgan fingerprint density at radius 3 is 1.88 bits per heavy atom. The molecule has 0 N–H and O–H groups in total. The fourth-order valence-electron chi connectivity index (χ4n) is 1.05. The second kappa shape index (κ2) is 4.72. The highest BCUT2D eigenvalue weighted by Crippen LogP contribution is 2.42. The molecule has 1 unspecified atom stereocenters. The summed E-state index contributed by atoms with van der Waals surface area (Å²) in [6.07, 6.45) is -4.16. The van der Waals surface area contributed by atoms with Crippen LogP contribution >= 0.6 is 11.6 Å². The summed E-state index contributed by atoms with van der Waals surface area (Å²) in [4.78, 5) is 0. The second-order valence-corrected chi connectivity index (χ2v) is 3.56. The molecule has 0 aliphatic heterocycles. The van der Waals surface area contributed by atoms with Crippen molar-refractivity contribution in [3.8, 4) is 0 Å². The van der Waals surface area contributed by atoms with E-state index in [2.05, 4.69) is 0 Å². The summed E-state index contributed by atoms with van der Waals surface area (Å²) < 4.78 is 87.6. The van der Waals surface area contributed by atoms with Gasteiger partial charge in [-0.05, 0) is 6.07 Å². The van der Waals surface area contributed by atoms with Gasteiger partial charge in [-0.2, -0.15) is 8.78 Å². The Kier molecular flexibility index (Phi) is 3.91. The quantitative estimate of drug-likeness (QED) is 0.440. The molecule has 0 fully saturated rings. The first-order chi connectivity index (χ1) is 7.67. The van der Waals surface area contributed by atoms with Crippen LogP contribution in [0.3, 0.4) is 0 Å². The molecule has 0 heterocycles. The van der Waals surface area contributed by atoms with Gasteiger partial charge in [0.15, 0.2) is 11.6 Å². The predicted molar refractivity (Wildman–Crippen MR) is 45.9 cm³/mol. The van der Waals surface area contributed by atoms with Gasteiger partial charge in [-0.3, -0.25) is 0 Å². The molecule has 17 heavy (non-hydrogen) atoms. The number of hydrogen-bond acceptors (Lipinski definition) is 0. The lowest BCUT2D eigenvalue weighted by molar-refractivity contribution is -0.131. The van der Waals surface area contributed by atoms with E-state index in [1.54, 1.807) is 0 Å². The molecule has 0 saturated heterocycles. The highest BCUT2D eigenvalue weighted by Gasteiger charge is 2.49. The van der Waals surface area contributed by atoms with E-state index in [9.17, 15) is 30.7 Å². The van der Waals surface area contributed by atoms with Crippen LogP contribution < -0.4 is 0 Å². The summed E-state index contributed by atoms with van der Waals surface area (Å²) in [6.45, 7) is 0. The first kappa shape index (κ1) is 14.1. The molecule has 0 bridgehead atoms. The van der Waals surface area contributed by atoms with Crippen LogP contribution in [0.5, 0.6) is 0 Å². The monoisotopic (exact) mass is 280 g/mol. The molecule has 96 valence electrons. The van der Waals surface area contributed by atoms with Crippen LogP contribution in [0.2, 0.25) is 0 Å². The van der Waals surface area contributed by atoms with Gasteiger partial charge in [0, 0.05) is 11.6 Å². The molecule has 1 atom stereocenters. The van der Waals surface area contributed by atoms with Gasteiger partial charge in [0.1, 0.15) is 11.2 Å². The third-order valence-electron chi connectivity index (χ3n) is 1.94. The molecule has 0 nitrogen and oxygen atoms in total. The van der Waals surface area contributed by atoms with Gasteiger partial charge in [0.25, 0.3) is 0 Å². The Morgan fingerprint density at radius 2 is 1.41 bits per heavy atom. The molecule has 1 aromatic rings. The third-order valence-corrected chi connectivity index (χ3v) is 2.47. The van der Waals surface area contributed by atoms with Crippen molar-refractivity contribution in [2.45, 2.75) is 17.7 Å². The van der Waals surface area contributed by atoms with Gasteiger partial charge in [0.05, 0.1) is 0 Å². The third kappa shape index (κ3) is 2.65. The smallest absolute Gasteiger partial charge is 0.207 e. The predicted octanol–water partition coefficient (Wildman–Crippen LogP) is 4.28. The van der Waals surface area contributed by atoms with Gasteiger partial charge >= 0.3 is 12.3 Å². The van der Waals surface area contributed by atoms with Gasteiger partial charge in [-0.25, -0.2) is 22.0 Å². The maximum Gasteiger partial charge on any atom is 0.327 e. The van der Waals surface area contributed by atoms with Gasteiger partial charge in [-0.15, -0.1) is 11.6 Å². The standard InChI is InChI=1S/C9H4ClF7/c10-7(9(16,17)8(14)15)3-1-5(12)6(13)2-4(3)11/h1-2,7-8H. The lowest BCUT2D eigenvalue weighted by Crippen LogP contribution is -2.32. The SMILES string of the molecule is Fc1cc(F)c(C(Cl)C(F)(F)C(F)F)cc1F. The normalized spacial score (nSPS) is 14.2. The number of halogens is 8. The first-order valence-corrected chi connectivity index (χ1v) is 4.56. The van der Waals surface area contributed by atoms with Crippen LogP contribution in [0, 0.1) is 17.5 Å². The highest BCUT2D eigenvalue weighted by atomic mass is 35.5. The Labute approximate surface area is 96.0 Å². The second-order valence-electron chi connectivity index (χ2n) is 3.13. The van der Waals surface area contributed by atoms with Gasteiger partial charge < -0.3 is 0 Å². The fourth-order valence-corrected chi connectivity index (χ4v) is 1.31. The van der Waals surface area contributed by atoms with Crippen LogP contribution in [-0.4, -0.2) is 12.3 Å². The van der Waals surface area contributed by atoms with E-state index >= 15 is 0 Å². The topological polar surface area (TPSA) is 0 Å². The molecule has 8 heteroatoms. The average Bonchev–Trinajstić information content (AvgIpc) is 2.22. The van der Waals surface area contributed by atoms with E-state index < -0.39 is 40.7 Å². The number of alkyl halides is 5. The Hall–Kier alpha value is -0.980. The molecule has 1 rings (SSSR count). The summed E-state index contributed by atoms with van der Waals surface area (Å²) in [7, 11) is 0. The maximum absolute atomic E-state index is 13.0. The molecule has 0 aliphatic rings. The molecule has 0 radical (unpaired) electrons. The fraction of sp³-hybridized carbons (Fsp3) is 0.333. The summed E-state index contributed by atoms with van der Waals surface area (Å²) in [5.41, 5.74) is -1.23. The van der Waals surface area contributed by atoms with Crippen molar-refractivity contribution in [1.29, 1.82) is 0 Å². The van der Waals surface area contributed by atoms with E-state index in [0.717, 1.165) is 0 Å². The number of hydrogen-bond donors (Lipinski definition) is 0. The number of benzene rings is 1. The van der Waals surface area contributed by atoms with Crippen molar-refractivity contribution in [1.82, 2.24) is 0 Å². The maximum atomic E-state index is 13.0. The molecular formula is C9H4ClF7. The Morgan fingerprint density at radius 1 is 0.941 bits per heavy atom. The summed E-state index contributed by atoms with van der Waals surface area (Å²) in [5, 5.41) is -2.79. The van der Waals surface area contributed by atoms with Crippen molar-refractivity contribution in [3.63, 3.8) is 0 Å². The minimum Gasteiger partial charge on any atom is -0.207 e. The first-order valence-electron chi connectivity index (χ1n) is 4.12. The molecule has 1 aromatic carbocycles.